The summed E-state index contributed by atoms with van der Waals surface area (Å²) in [6, 6.07) is 0. The van der Waals surface area contributed by atoms with E-state index in [2.05, 4.69) is 10.2 Å². The van der Waals surface area contributed by atoms with Gasteiger partial charge in [0.25, 0.3) is 0 Å². The minimum Gasteiger partial charge on any atom is -0.378 e. The Morgan fingerprint density at radius 1 is 1.32 bits per heavy atom. The van der Waals surface area contributed by atoms with Crippen molar-refractivity contribution in [3.05, 3.63) is 10.6 Å². The Morgan fingerprint density at radius 3 is 2.59 bits per heavy atom. The Morgan fingerprint density at radius 2 is 2.00 bits per heavy atom. The van der Waals surface area contributed by atoms with Gasteiger partial charge in [0.2, 0.25) is 5.95 Å². The quantitative estimate of drug-likeness (QED) is 0.738. The molecule has 22 heavy (non-hydrogen) atoms. The molecular weight excluding hydrogens is 364 g/mol. The topological polar surface area (TPSA) is 43.2 Å². The summed E-state index contributed by atoms with van der Waals surface area (Å²) in [6.45, 7) is 0.688. The van der Waals surface area contributed by atoms with Crippen molar-refractivity contribution in [1.29, 1.82) is 0 Å². The standard InChI is InChI=1S/C11H13Cl2F3N4OS/c12-5-8(13)6-22-10-18-17-9(19-1-3-21-4-2-19)20(10)7-11(14,15)16/h5H,1-4,6-7H2/b8-5-. The molecule has 1 aromatic heterocycles. The third kappa shape index (κ3) is 4.94. The molecule has 1 saturated heterocycles. The van der Waals surface area contributed by atoms with Crippen LogP contribution in [-0.2, 0) is 11.3 Å². The third-order valence-corrected chi connectivity index (χ3v) is 4.58. The Labute approximate surface area is 139 Å². The number of nitrogens with zero attached hydrogens (tertiary/aromatic N) is 4. The SMILES string of the molecule is FC(F)(F)Cn1c(SC/C(Cl)=C/Cl)nnc1N1CCOCC1. The molecule has 1 aromatic rings. The van der Waals surface area contributed by atoms with Crippen molar-refractivity contribution in [2.45, 2.75) is 17.9 Å². The molecule has 124 valence electrons. The van der Waals surface area contributed by atoms with E-state index in [1.54, 1.807) is 4.90 Å². The average Bonchev–Trinajstić information content (AvgIpc) is 2.86. The number of aromatic nitrogens is 3. The number of morpholine rings is 1. The average molecular weight is 377 g/mol. The molecule has 1 aliphatic heterocycles. The molecule has 0 saturated carbocycles. The van der Waals surface area contributed by atoms with E-state index in [1.165, 1.54) is 5.54 Å². The first kappa shape index (κ1) is 17.7. The van der Waals surface area contributed by atoms with Gasteiger partial charge >= 0.3 is 6.18 Å². The van der Waals surface area contributed by atoms with Crippen LogP contribution in [0.15, 0.2) is 15.7 Å². The van der Waals surface area contributed by atoms with Gasteiger partial charge in [-0.25, -0.2) is 0 Å². The first-order chi connectivity index (χ1) is 10.4. The number of alkyl halides is 3. The van der Waals surface area contributed by atoms with Crippen LogP contribution in [0.3, 0.4) is 0 Å². The molecule has 0 spiro atoms. The van der Waals surface area contributed by atoms with Crippen LogP contribution >= 0.6 is 35.0 Å². The lowest BCUT2D eigenvalue weighted by atomic mass is 10.4. The highest BCUT2D eigenvalue weighted by Crippen LogP contribution is 2.29. The zero-order chi connectivity index (χ0) is 16.2. The van der Waals surface area contributed by atoms with Crippen LogP contribution in [0, 0.1) is 0 Å². The Bertz CT molecular complexity index is 532. The smallest absolute Gasteiger partial charge is 0.378 e. The van der Waals surface area contributed by atoms with Gasteiger partial charge in [0.05, 0.1) is 13.2 Å². The van der Waals surface area contributed by atoms with Crippen LogP contribution in [0.5, 0.6) is 0 Å². The van der Waals surface area contributed by atoms with Gasteiger partial charge in [-0.2, -0.15) is 13.2 Å². The van der Waals surface area contributed by atoms with E-state index in [0.29, 0.717) is 31.3 Å². The van der Waals surface area contributed by atoms with Crippen molar-refractivity contribution in [2.75, 3.05) is 37.0 Å². The van der Waals surface area contributed by atoms with Gasteiger partial charge < -0.3 is 9.64 Å². The van der Waals surface area contributed by atoms with E-state index in [9.17, 15) is 13.2 Å². The molecule has 0 radical (unpaired) electrons. The molecule has 1 aliphatic rings. The van der Waals surface area contributed by atoms with Crippen molar-refractivity contribution in [2.24, 2.45) is 0 Å². The third-order valence-electron chi connectivity index (χ3n) is 2.79. The van der Waals surface area contributed by atoms with E-state index in [1.807, 2.05) is 0 Å². The summed E-state index contributed by atoms with van der Waals surface area (Å²) in [5.74, 6) is 0.415. The van der Waals surface area contributed by atoms with Crippen molar-refractivity contribution >= 4 is 40.9 Å². The summed E-state index contributed by atoms with van der Waals surface area (Å²) in [7, 11) is 0. The molecule has 5 nitrogen and oxygen atoms in total. The second-order valence-electron chi connectivity index (χ2n) is 4.43. The lowest BCUT2D eigenvalue weighted by Crippen LogP contribution is -2.38. The fraction of sp³-hybridized carbons (Fsp3) is 0.636. The lowest BCUT2D eigenvalue weighted by molar-refractivity contribution is -0.141. The molecule has 0 atom stereocenters. The van der Waals surface area contributed by atoms with Crippen molar-refractivity contribution in [3.8, 4) is 0 Å². The Hall–Kier alpha value is -0.640. The van der Waals surface area contributed by atoms with E-state index in [4.69, 9.17) is 27.9 Å². The molecule has 0 amide bonds. The highest BCUT2D eigenvalue weighted by Gasteiger charge is 2.32. The minimum atomic E-state index is -4.37. The lowest BCUT2D eigenvalue weighted by Gasteiger charge is -2.28. The van der Waals surface area contributed by atoms with Gasteiger partial charge in [0.1, 0.15) is 6.54 Å². The molecule has 11 heteroatoms. The van der Waals surface area contributed by atoms with Gasteiger partial charge in [-0.15, -0.1) is 10.2 Å². The van der Waals surface area contributed by atoms with Gasteiger partial charge in [-0.3, -0.25) is 4.57 Å². The van der Waals surface area contributed by atoms with Crippen LogP contribution in [-0.4, -0.2) is 53.0 Å². The summed E-state index contributed by atoms with van der Waals surface area (Å²) in [5.41, 5.74) is 1.17. The van der Waals surface area contributed by atoms with Crippen LogP contribution in [0.2, 0.25) is 0 Å². The summed E-state index contributed by atoms with van der Waals surface area (Å²) < 4.78 is 44.7. The summed E-state index contributed by atoms with van der Waals surface area (Å²) in [5, 5.41) is 8.21. The summed E-state index contributed by atoms with van der Waals surface area (Å²) in [4.78, 5) is 1.73. The van der Waals surface area contributed by atoms with Crippen molar-refractivity contribution in [3.63, 3.8) is 0 Å². The van der Waals surface area contributed by atoms with Crippen LogP contribution in [0.1, 0.15) is 0 Å². The number of anilines is 1. The maximum Gasteiger partial charge on any atom is 0.406 e. The Kier molecular flexibility index (Phi) is 6.25. The number of hydrogen-bond acceptors (Lipinski definition) is 5. The second kappa shape index (κ2) is 7.76. The van der Waals surface area contributed by atoms with Crippen molar-refractivity contribution in [1.82, 2.24) is 14.8 Å². The summed E-state index contributed by atoms with van der Waals surface area (Å²) in [6.07, 6.45) is -4.37. The molecule has 0 bridgehead atoms. The van der Waals surface area contributed by atoms with Gasteiger partial charge in [0, 0.05) is 29.4 Å². The first-order valence-electron chi connectivity index (χ1n) is 6.31. The Balaban J connectivity index is 2.22. The molecular formula is C11H13Cl2F3N4OS. The molecule has 0 aromatic carbocycles. The highest BCUT2D eigenvalue weighted by atomic mass is 35.5. The van der Waals surface area contributed by atoms with Crippen molar-refractivity contribution < 1.29 is 17.9 Å². The number of halogens is 5. The summed E-state index contributed by atoms with van der Waals surface area (Å²) >= 11 is 12.2. The van der Waals surface area contributed by atoms with Gasteiger partial charge in [-0.1, -0.05) is 35.0 Å². The predicted molar refractivity (Wildman–Crippen MR) is 79.6 cm³/mol. The van der Waals surface area contributed by atoms with Gasteiger partial charge in [-0.05, 0) is 0 Å². The second-order valence-corrected chi connectivity index (χ2v) is 6.07. The number of rotatable bonds is 5. The maximum atomic E-state index is 12.8. The fourth-order valence-corrected chi connectivity index (χ4v) is 2.95. The van der Waals surface area contributed by atoms with Gasteiger partial charge in [0.15, 0.2) is 5.16 Å². The zero-order valence-corrected chi connectivity index (χ0v) is 13.6. The number of thioether (sulfide) groups is 1. The van der Waals surface area contributed by atoms with Crippen LogP contribution in [0.25, 0.3) is 0 Å². The largest absolute Gasteiger partial charge is 0.406 e. The molecule has 0 aliphatic carbocycles. The zero-order valence-electron chi connectivity index (χ0n) is 11.3. The monoisotopic (exact) mass is 376 g/mol. The molecule has 1 fully saturated rings. The normalized spacial score (nSPS) is 17.1. The molecule has 2 heterocycles. The minimum absolute atomic E-state index is 0.149. The van der Waals surface area contributed by atoms with E-state index in [-0.39, 0.29) is 16.9 Å². The molecule has 2 rings (SSSR count). The van der Waals surface area contributed by atoms with E-state index >= 15 is 0 Å². The number of ether oxygens (including phenoxy) is 1. The fourth-order valence-electron chi connectivity index (χ4n) is 1.87. The predicted octanol–water partition coefficient (Wildman–Crippen LogP) is 3.09. The van der Waals surface area contributed by atoms with E-state index in [0.717, 1.165) is 16.3 Å². The highest BCUT2D eigenvalue weighted by molar-refractivity contribution is 7.99. The van der Waals surface area contributed by atoms with Crippen LogP contribution < -0.4 is 4.90 Å². The molecule has 0 N–H and O–H groups in total. The first-order valence-corrected chi connectivity index (χ1v) is 8.11. The number of hydrogen-bond donors (Lipinski definition) is 0. The van der Waals surface area contributed by atoms with E-state index < -0.39 is 12.7 Å². The molecule has 0 unspecified atom stereocenters. The van der Waals surface area contributed by atoms with Crippen LogP contribution in [0.4, 0.5) is 19.1 Å². The maximum absolute atomic E-state index is 12.8.